The number of hydrogen-bond acceptors (Lipinski definition) is 6. The summed E-state index contributed by atoms with van der Waals surface area (Å²) in [4.78, 5) is 15.7. The highest BCUT2D eigenvalue weighted by Gasteiger charge is 2.17. The van der Waals surface area contributed by atoms with Crippen molar-refractivity contribution in [3.05, 3.63) is 84.4 Å². The van der Waals surface area contributed by atoms with Crippen molar-refractivity contribution in [2.24, 2.45) is 10.2 Å². The molecular formula is C24H15N3O3S. The molecule has 0 amide bonds. The molecule has 5 rings (SSSR count). The molecular weight excluding hydrogens is 410 g/mol. The summed E-state index contributed by atoms with van der Waals surface area (Å²) in [5, 5.41) is 31.0. The Bertz CT molecular complexity index is 1440. The van der Waals surface area contributed by atoms with Crippen LogP contribution < -0.4 is 0 Å². The van der Waals surface area contributed by atoms with E-state index in [2.05, 4.69) is 15.2 Å². The fourth-order valence-corrected chi connectivity index (χ4v) is 4.33. The molecule has 0 aliphatic carbocycles. The number of aromatic hydroxyl groups is 1. The molecule has 0 fully saturated rings. The quantitative estimate of drug-likeness (QED) is 0.305. The van der Waals surface area contributed by atoms with Gasteiger partial charge >= 0.3 is 5.97 Å². The van der Waals surface area contributed by atoms with E-state index in [1.807, 2.05) is 54.6 Å². The van der Waals surface area contributed by atoms with Crippen molar-refractivity contribution in [2.75, 3.05) is 0 Å². The first-order valence-electron chi connectivity index (χ1n) is 9.46. The number of para-hydroxylation sites is 1. The summed E-state index contributed by atoms with van der Waals surface area (Å²) in [7, 11) is 0. The van der Waals surface area contributed by atoms with Gasteiger partial charge in [0.1, 0.15) is 10.7 Å². The standard InChI is InChI=1S/C24H15N3O3S/c28-22-18(23-25-19-7-3-4-8-20(19)31-23)13-15-5-1-2-6-17(15)21(22)27-26-16-11-9-14(10-12-16)24(29)30/h1-13,28H,(H,29,30). The van der Waals surface area contributed by atoms with Gasteiger partial charge in [-0.2, -0.15) is 5.11 Å². The smallest absolute Gasteiger partial charge is 0.335 e. The second kappa shape index (κ2) is 7.62. The first kappa shape index (κ1) is 18.9. The van der Waals surface area contributed by atoms with Gasteiger partial charge in [0.2, 0.25) is 0 Å². The van der Waals surface area contributed by atoms with Gasteiger partial charge in [-0.05, 0) is 47.9 Å². The Kier molecular flexibility index (Phi) is 4.65. The predicted molar refractivity (Wildman–Crippen MR) is 122 cm³/mol. The van der Waals surface area contributed by atoms with Gasteiger partial charge in [-0.15, -0.1) is 16.5 Å². The summed E-state index contributed by atoms with van der Waals surface area (Å²) >= 11 is 1.50. The van der Waals surface area contributed by atoms with Crippen molar-refractivity contribution in [3.63, 3.8) is 0 Å². The maximum Gasteiger partial charge on any atom is 0.335 e. The molecule has 0 saturated heterocycles. The number of phenols is 1. The highest BCUT2D eigenvalue weighted by Crippen LogP contribution is 2.45. The number of hydrogen-bond donors (Lipinski definition) is 2. The molecule has 5 aromatic rings. The van der Waals surface area contributed by atoms with Crippen LogP contribution in [0.5, 0.6) is 5.75 Å². The molecule has 0 spiro atoms. The van der Waals surface area contributed by atoms with Crippen LogP contribution in [0.25, 0.3) is 31.6 Å². The summed E-state index contributed by atoms with van der Waals surface area (Å²) in [5.41, 5.74) is 2.46. The Morgan fingerprint density at radius 1 is 0.903 bits per heavy atom. The molecule has 0 bridgehead atoms. The summed E-state index contributed by atoms with van der Waals surface area (Å²) in [5.74, 6) is -1.00. The third-order valence-electron chi connectivity index (χ3n) is 4.90. The average Bonchev–Trinajstić information content (AvgIpc) is 3.22. The first-order chi connectivity index (χ1) is 15.1. The van der Waals surface area contributed by atoms with Crippen molar-refractivity contribution in [1.82, 2.24) is 4.98 Å². The number of phenolic OH excluding ortho intramolecular Hbond substituents is 1. The van der Waals surface area contributed by atoms with Crippen LogP contribution in [0.15, 0.2) is 89.1 Å². The molecule has 0 aliphatic rings. The summed E-state index contributed by atoms with van der Waals surface area (Å²) in [6.45, 7) is 0. The third kappa shape index (κ3) is 3.51. The van der Waals surface area contributed by atoms with Gasteiger partial charge in [0.25, 0.3) is 0 Å². The van der Waals surface area contributed by atoms with E-state index in [1.165, 1.54) is 23.5 Å². The Labute approximate surface area is 180 Å². The van der Waals surface area contributed by atoms with Crippen LogP contribution in [0.3, 0.4) is 0 Å². The molecule has 0 unspecified atom stereocenters. The zero-order valence-electron chi connectivity index (χ0n) is 16.1. The number of carboxylic acid groups (broad SMARTS) is 1. The lowest BCUT2D eigenvalue weighted by Crippen LogP contribution is -1.93. The monoisotopic (exact) mass is 425 g/mol. The number of rotatable bonds is 4. The minimum atomic E-state index is -1.00. The fourth-order valence-electron chi connectivity index (χ4n) is 3.35. The molecule has 0 radical (unpaired) electrons. The number of benzene rings is 4. The number of carbonyl (C=O) groups is 1. The molecule has 0 atom stereocenters. The molecule has 2 N–H and O–H groups in total. The Morgan fingerprint density at radius 2 is 1.65 bits per heavy atom. The molecule has 1 heterocycles. The van der Waals surface area contributed by atoms with Crippen LogP contribution in [0.4, 0.5) is 11.4 Å². The number of azo groups is 1. The Hall–Kier alpha value is -4.10. The molecule has 1 aromatic heterocycles. The highest BCUT2D eigenvalue weighted by molar-refractivity contribution is 7.21. The van der Waals surface area contributed by atoms with Gasteiger partial charge in [0, 0.05) is 5.39 Å². The number of aromatic nitrogens is 1. The maximum atomic E-state index is 11.1. The lowest BCUT2D eigenvalue weighted by atomic mass is 10.0. The van der Waals surface area contributed by atoms with Crippen molar-refractivity contribution >= 4 is 49.7 Å². The van der Waals surface area contributed by atoms with E-state index in [-0.39, 0.29) is 11.3 Å². The molecule has 4 aromatic carbocycles. The minimum absolute atomic E-state index is 0.00339. The van der Waals surface area contributed by atoms with Crippen LogP contribution in [0, 0.1) is 0 Å². The van der Waals surface area contributed by atoms with Crippen LogP contribution in [-0.4, -0.2) is 21.2 Å². The number of nitrogens with zero attached hydrogens (tertiary/aromatic N) is 3. The number of carboxylic acids is 1. The van der Waals surface area contributed by atoms with Crippen molar-refractivity contribution < 1.29 is 15.0 Å². The second-order valence-corrected chi connectivity index (χ2v) is 7.91. The number of fused-ring (bicyclic) bond motifs is 2. The molecule has 31 heavy (non-hydrogen) atoms. The summed E-state index contributed by atoms with van der Waals surface area (Å²) in [6, 6.07) is 23.4. The maximum absolute atomic E-state index is 11.1. The van der Waals surface area contributed by atoms with E-state index in [1.54, 1.807) is 12.1 Å². The van der Waals surface area contributed by atoms with Crippen LogP contribution in [0.1, 0.15) is 10.4 Å². The van der Waals surface area contributed by atoms with Gasteiger partial charge < -0.3 is 10.2 Å². The van der Waals surface area contributed by atoms with Crippen molar-refractivity contribution in [1.29, 1.82) is 0 Å². The second-order valence-electron chi connectivity index (χ2n) is 6.88. The summed E-state index contributed by atoms with van der Waals surface area (Å²) < 4.78 is 1.03. The van der Waals surface area contributed by atoms with Gasteiger partial charge in [-0.3, -0.25) is 0 Å². The van der Waals surface area contributed by atoms with Crippen LogP contribution >= 0.6 is 11.3 Å². The van der Waals surface area contributed by atoms with E-state index in [0.717, 1.165) is 21.0 Å². The normalized spacial score (nSPS) is 11.5. The van der Waals surface area contributed by atoms with Gasteiger partial charge in [-0.25, -0.2) is 9.78 Å². The third-order valence-corrected chi connectivity index (χ3v) is 5.97. The summed E-state index contributed by atoms with van der Waals surface area (Å²) in [6.07, 6.45) is 0. The van der Waals surface area contributed by atoms with Crippen LogP contribution in [0.2, 0.25) is 0 Å². The lowest BCUT2D eigenvalue weighted by Gasteiger charge is -2.08. The lowest BCUT2D eigenvalue weighted by molar-refractivity contribution is 0.0697. The van der Waals surface area contributed by atoms with Crippen molar-refractivity contribution in [2.45, 2.75) is 0 Å². The topological polar surface area (TPSA) is 95.1 Å². The number of thiazole rings is 1. The predicted octanol–water partition coefficient (Wildman–Crippen LogP) is 6.94. The van der Waals surface area contributed by atoms with E-state index in [4.69, 9.17) is 5.11 Å². The van der Waals surface area contributed by atoms with Crippen molar-refractivity contribution in [3.8, 4) is 16.3 Å². The first-order valence-corrected chi connectivity index (χ1v) is 10.3. The Morgan fingerprint density at radius 3 is 2.42 bits per heavy atom. The largest absolute Gasteiger partial charge is 0.505 e. The van der Waals surface area contributed by atoms with Gasteiger partial charge in [0.15, 0.2) is 5.75 Å². The number of aromatic carboxylic acids is 1. The average molecular weight is 425 g/mol. The van der Waals surface area contributed by atoms with E-state index in [9.17, 15) is 9.90 Å². The molecule has 0 aliphatic heterocycles. The molecule has 6 nitrogen and oxygen atoms in total. The van der Waals surface area contributed by atoms with E-state index >= 15 is 0 Å². The SMILES string of the molecule is O=C(O)c1ccc(N=Nc2c(O)c(-c3nc4ccccc4s3)cc3ccccc23)cc1. The highest BCUT2D eigenvalue weighted by atomic mass is 32.1. The zero-order valence-corrected chi connectivity index (χ0v) is 16.9. The van der Waals surface area contributed by atoms with E-state index in [0.29, 0.717) is 21.9 Å². The molecule has 7 heteroatoms. The van der Waals surface area contributed by atoms with Crippen LogP contribution in [-0.2, 0) is 0 Å². The fraction of sp³-hybridized carbons (Fsp3) is 0. The molecule has 150 valence electrons. The minimum Gasteiger partial charge on any atom is -0.505 e. The van der Waals surface area contributed by atoms with Gasteiger partial charge in [-0.1, -0.05) is 36.4 Å². The van der Waals surface area contributed by atoms with E-state index < -0.39 is 5.97 Å². The Balaban J connectivity index is 1.64. The van der Waals surface area contributed by atoms with Gasteiger partial charge in [0.05, 0.1) is 27.0 Å². The zero-order chi connectivity index (χ0) is 21.4. The molecule has 0 saturated carbocycles.